The van der Waals surface area contributed by atoms with E-state index in [0.29, 0.717) is 11.5 Å². The van der Waals surface area contributed by atoms with E-state index in [0.717, 1.165) is 17.9 Å². The van der Waals surface area contributed by atoms with Crippen molar-refractivity contribution in [3.63, 3.8) is 0 Å². The van der Waals surface area contributed by atoms with Gasteiger partial charge in [-0.2, -0.15) is 11.8 Å². The van der Waals surface area contributed by atoms with Crippen LogP contribution in [0.5, 0.6) is 17.2 Å². The predicted octanol–water partition coefficient (Wildman–Crippen LogP) is 2.29. The molecule has 1 aliphatic heterocycles. The van der Waals surface area contributed by atoms with Crippen LogP contribution < -0.4 is 9.47 Å². The summed E-state index contributed by atoms with van der Waals surface area (Å²) in [7, 11) is 1.57. The number of hydrogen-bond acceptors (Lipinski definition) is 4. The summed E-state index contributed by atoms with van der Waals surface area (Å²) in [5, 5.41) is 9.29. The topological polar surface area (TPSA) is 38.7 Å². The fraction of sp³-hybridized carbons (Fsp3) is 0.455. The van der Waals surface area contributed by atoms with Gasteiger partial charge in [0.1, 0.15) is 11.9 Å². The van der Waals surface area contributed by atoms with Crippen molar-refractivity contribution in [2.75, 3.05) is 18.6 Å². The Morgan fingerprint density at radius 1 is 1.40 bits per heavy atom. The van der Waals surface area contributed by atoms with Crippen molar-refractivity contribution in [1.82, 2.24) is 0 Å². The van der Waals surface area contributed by atoms with Crippen LogP contribution in [0.1, 0.15) is 6.42 Å². The summed E-state index contributed by atoms with van der Waals surface area (Å²) >= 11 is 1.90. The third-order valence-electron chi connectivity index (χ3n) is 2.33. The Balaban J connectivity index is 2.12. The van der Waals surface area contributed by atoms with Gasteiger partial charge < -0.3 is 14.6 Å². The number of methoxy groups -OCH3 is 1. The Morgan fingerprint density at radius 2 is 2.27 bits per heavy atom. The Labute approximate surface area is 93.4 Å². The lowest BCUT2D eigenvalue weighted by Gasteiger charge is -2.15. The number of phenols is 1. The standard InChI is InChI=1S/C11H14O3S/c1-13-11-6-8(12)2-3-10(11)14-9-4-5-15-7-9/h2-3,6,9,12H,4-5,7H2,1H3. The van der Waals surface area contributed by atoms with Gasteiger partial charge in [0.15, 0.2) is 11.5 Å². The lowest BCUT2D eigenvalue weighted by atomic mass is 10.2. The van der Waals surface area contributed by atoms with E-state index >= 15 is 0 Å². The van der Waals surface area contributed by atoms with Crippen LogP contribution in [0.3, 0.4) is 0 Å². The first-order valence-electron chi connectivity index (χ1n) is 4.91. The maximum Gasteiger partial charge on any atom is 0.164 e. The Hall–Kier alpha value is -1.03. The van der Waals surface area contributed by atoms with Crippen LogP contribution in [0, 0.1) is 0 Å². The van der Waals surface area contributed by atoms with Gasteiger partial charge in [-0.05, 0) is 24.3 Å². The lowest BCUT2D eigenvalue weighted by Crippen LogP contribution is -2.15. The van der Waals surface area contributed by atoms with E-state index in [9.17, 15) is 5.11 Å². The van der Waals surface area contributed by atoms with E-state index in [-0.39, 0.29) is 11.9 Å². The number of benzene rings is 1. The number of rotatable bonds is 3. The molecular formula is C11H14O3S. The second-order valence-corrected chi connectivity index (χ2v) is 4.59. The molecule has 1 N–H and O–H groups in total. The summed E-state index contributed by atoms with van der Waals surface area (Å²) in [6, 6.07) is 4.93. The highest BCUT2D eigenvalue weighted by molar-refractivity contribution is 7.99. The molecule has 15 heavy (non-hydrogen) atoms. The summed E-state index contributed by atoms with van der Waals surface area (Å²) in [5.74, 6) is 3.68. The van der Waals surface area contributed by atoms with E-state index in [1.165, 1.54) is 0 Å². The quantitative estimate of drug-likeness (QED) is 0.858. The first-order valence-corrected chi connectivity index (χ1v) is 6.06. The molecule has 0 saturated carbocycles. The molecule has 2 rings (SSSR count). The lowest BCUT2D eigenvalue weighted by molar-refractivity contribution is 0.218. The van der Waals surface area contributed by atoms with Gasteiger partial charge in [0, 0.05) is 11.8 Å². The van der Waals surface area contributed by atoms with Crippen molar-refractivity contribution < 1.29 is 14.6 Å². The molecule has 1 aromatic carbocycles. The first kappa shape index (κ1) is 10.5. The van der Waals surface area contributed by atoms with Crippen molar-refractivity contribution in [3.05, 3.63) is 18.2 Å². The van der Waals surface area contributed by atoms with Crippen LogP contribution >= 0.6 is 11.8 Å². The van der Waals surface area contributed by atoms with Crippen LogP contribution in [0.15, 0.2) is 18.2 Å². The van der Waals surface area contributed by atoms with Gasteiger partial charge in [-0.15, -0.1) is 0 Å². The Bertz CT molecular complexity index is 335. The van der Waals surface area contributed by atoms with Gasteiger partial charge in [-0.3, -0.25) is 0 Å². The maximum absolute atomic E-state index is 9.29. The minimum Gasteiger partial charge on any atom is -0.508 e. The SMILES string of the molecule is COc1cc(O)ccc1OC1CCSC1. The molecule has 0 radical (unpaired) electrons. The van der Waals surface area contributed by atoms with Gasteiger partial charge in [-0.1, -0.05) is 0 Å². The predicted molar refractivity (Wildman–Crippen MR) is 61.0 cm³/mol. The van der Waals surface area contributed by atoms with Gasteiger partial charge in [0.25, 0.3) is 0 Å². The average Bonchev–Trinajstić information content (AvgIpc) is 2.73. The van der Waals surface area contributed by atoms with E-state index in [1.807, 2.05) is 11.8 Å². The van der Waals surface area contributed by atoms with E-state index in [1.54, 1.807) is 25.3 Å². The number of hydrogen-bond donors (Lipinski definition) is 1. The minimum atomic E-state index is 0.194. The number of ether oxygens (including phenoxy) is 2. The number of thioether (sulfide) groups is 1. The highest BCUT2D eigenvalue weighted by Crippen LogP contribution is 2.33. The number of phenolic OH excluding ortho intramolecular Hbond substituents is 1. The van der Waals surface area contributed by atoms with Crippen molar-refractivity contribution in [1.29, 1.82) is 0 Å². The van der Waals surface area contributed by atoms with Crippen LogP contribution in [0.2, 0.25) is 0 Å². The molecule has 3 nitrogen and oxygen atoms in total. The molecule has 0 aliphatic carbocycles. The highest BCUT2D eigenvalue weighted by atomic mass is 32.2. The van der Waals surface area contributed by atoms with Crippen LogP contribution in [-0.2, 0) is 0 Å². The van der Waals surface area contributed by atoms with Gasteiger partial charge in [-0.25, -0.2) is 0 Å². The van der Waals surface area contributed by atoms with E-state index in [4.69, 9.17) is 9.47 Å². The molecule has 1 heterocycles. The summed E-state index contributed by atoms with van der Waals surface area (Å²) in [4.78, 5) is 0. The van der Waals surface area contributed by atoms with Gasteiger partial charge in [0.2, 0.25) is 0 Å². The maximum atomic E-state index is 9.29. The Morgan fingerprint density at radius 3 is 2.93 bits per heavy atom. The van der Waals surface area contributed by atoms with Crippen LogP contribution in [-0.4, -0.2) is 29.8 Å². The molecule has 0 amide bonds. The summed E-state index contributed by atoms with van der Waals surface area (Å²) in [5.41, 5.74) is 0. The number of aromatic hydroxyl groups is 1. The second kappa shape index (κ2) is 4.66. The fourth-order valence-corrected chi connectivity index (χ4v) is 2.63. The fourth-order valence-electron chi connectivity index (χ4n) is 1.54. The molecule has 1 fully saturated rings. The third kappa shape index (κ3) is 2.50. The molecule has 1 atom stereocenters. The minimum absolute atomic E-state index is 0.194. The zero-order chi connectivity index (χ0) is 10.7. The molecule has 1 aromatic rings. The molecule has 1 saturated heterocycles. The first-order chi connectivity index (χ1) is 7.29. The second-order valence-electron chi connectivity index (χ2n) is 3.44. The highest BCUT2D eigenvalue weighted by Gasteiger charge is 2.18. The monoisotopic (exact) mass is 226 g/mol. The van der Waals surface area contributed by atoms with Crippen molar-refractivity contribution >= 4 is 11.8 Å². The van der Waals surface area contributed by atoms with Crippen LogP contribution in [0.4, 0.5) is 0 Å². The third-order valence-corrected chi connectivity index (χ3v) is 3.46. The smallest absolute Gasteiger partial charge is 0.164 e. The molecule has 4 heteroatoms. The molecule has 0 bridgehead atoms. The summed E-state index contributed by atoms with van der Waals surface area (Å²) in [6.07, 6.45) is 1.35. The van der Waals surface area contributed by atoms with Gasteiger partial charge in [0.05, 0.1) is 7.11 Å². The molecule has 1 unspecified atom stereocenters. The zero-order valence-electron chi connectivity index (χ0n) is 8.60. The normalized spacial score (nSPS) is 20.2. The van der Waals surface area contributed by atoms with Crippen molar-refractivity contribution in [3.8, 4) is 17.2 Å². The van der Waals surface area contributed by atoms with E-state index < -0.39 is 0 Å². The molecule has 0 spiro atoms. The average molecular weight is 226 g/mol. The molecule has 1 aliphatic rings. The summed E-state index contributed by atoms with van der Waals surface area (Å²) in [6.45, 7) is 0. The zero-order valence-corrected chi connectivity index (χ0v) is 9.42. The molecular weight excluding hydrogens is 212 g/mol. The van der Waals surface area contributed by atoms with Crippen molar-refractivity contribution in [2.45, 2.75) is 12.5 Å². The van der Waals surface area contributed by atoms with E-state index in [2.05, 4.69) is 0 Å². The largest absolute Gasteiger partial charge is 0.508 e. The summed E-state index contributed by atoms with van der Waals surface area (Å²) < 4.78 is 10.9. The van der Waals surface area contributed by atoms with Crippen molar-refractivity contribution in [2.24, 2.45) is 0 Å². The van der Waals surface area contributed by atoms with Crippen LogP contribution in [0.25, 0.3) is 0 Å². The van der Waals surface area contributed by atoms with Gasteiger partial charge >= 0.3 is 0 Å². The molecule has 0 aromatic heterocycles. The Kier molecular flexibility index (Phi) is 3.26. The molecule has 82 valence electrons.